The Hall–Kier alpha value is -2.37. The number of nitrogens with one attached hydrogen (secondary N) is 1. The van der Waals surface area contributed by atoms with Gasteiger partial charge in [0.1, 0.15) is 11.6 Å². The highest BCUT2D eigenvalue weighted by Crippen LogP contribution is 2.22. The Balaban J connectivity index is 2.06. The number of carbonyl (C=O) groups is 1. The lowest BCUT2D eigenvalue weighted by atomic mass is 9.94. The molecule has 0 unspecified atom stereocenters. The van der Waals surface area contributed by atoms with Gasteiger partial charge in [-0.1, -0.05) is 19.3 Å². The van der Waals surface area contributed by atoms with E-state index in [1.54, 1.807) is 6.20 Å². The number of rotatable bonds is 5. The third-order valence-corrected chi connectivity index (χ3v) is 5.13. The number of carbonyl (C=O) groups excluding carboxylic acids is 1. The summed E-state index contributed by atoms with van der Waals surface area (Å²) in [5, 5.41) is 11.8. The van der Waals surface area contributed by atoms with Gasteiger partial charge in [-0.3, -0.25) is 9.35 Å². The van der Waals surface area contributed by atoms with Crippen LogP contribution in [0.2, 0.25) is 0 Å². The summed E-state index contributed by atoms with van der Waals surface area (Å²) >= 11 is 0. The van der Waals surface area contributed by atoms with E-state index < -0.39 is 16.0 Å². The molecule has 0 saturated heterocycles. The van der Waals surface area contributed by atoms with Crippen LogP contribution in [0, 0.1) is 11.3 Å². The molecule has 8 heteroatoms. The van der Waals surface area contributed by atoms with Crippen molar-refractivity contribution in [3.05, 3.63) is 36.0 Å². The van der Waals surface area contributed by atoms with E-state index >= 15 is 0 Å². The van der Waals surface area contributed by atoms with E-state index in [2.05, 4.69) is 5.32 Å². The summed E-state index contributed by atoms with van der Waals surface area (Å²) in [7, 11) is -2.42. The quantitative estimate of drug-likeness (QED) is 0.472. The maximum atomic E-state index is 12.2. The molecule has 2 N–H and O–H groups in total. The van der Waals surface area contributed by atoms with Crippen LogP contribution in [-0.2, 0) is 14.9 Å². The second kappa shape index (κ2) is 8.14. The first-order chi connectivity index (χ1) is 11.8. The zero-order valence-corrected chi connectivity index (χ0v) is 14.8. The molecule has 1 aromatic carbocycles. The van der Waals surface area contributed by atoms with Gasteiger partial charge in [0.05, 0.1) is 4.90 Å². The number of hydrogen-bond acceptors (Lipinski definition) is 5. The van der Waals surface area contributed by atoms with E-state index in [0.29, 0.717) is 11.7 Å². The maximum absolute atomic E-state index is 12.2. The lowest BCUT2D eigenvalue weighted by Gasteiger charge is -2.30. The second-order valence-corrected chi connectivity index (χ2v) is 7.49. The maximum Gasteiger partial charge on any atom is 0.294 e. The molecule has 1 fully saturated rings. The zero-order valence-electron chi connectivity index (χ0n) is 14.0. The minimum atomic E-state index is -4.28. The monoisotopic (exact) mass is 363 g/mol. The molecule has 0 spiro atoms. The van der Waals surface area contributed by atoms with Crippen molar-refractivity contribution in [1.82, 2.24) is 4.90 Å². The first kappa shape index (κ1) is 19.0. The van der Waals surface area contributed by atoms with Gasteiger partial charge in [0.25, 0.3) is 16.0 Å². The van der Waals surface area contributed by atoms with Crippen molar-refractivity contribution >= 4 is 21.7 Å². The summed E-state index contributed by atoms with van der Waals surface area (Å²) in [6.45, 7) is 0. The number of nitrogens with zero attached hydrogens (tertiary/aromatic N) is 2. The van der Waals surface area contributed by atoms with Crippen molar-refractivity contribution in [2.45, 2.75) is 43.0 Å². The van der Waals surface area contributed by atoms with Crippen LogP contribution >= 0.6 is 0 Å². The third kappa shape index (κ3) is 5.31. The van der Waals surface area contributed by atoms with Gasteiger partial charge in [-0.05, 0) is 37.1 Å². The van der Waals surface area contributed by atoms with Gasteiger partial charge in [0.2, 0.25) is 0 Å². The van der Waals surface area contributed by atoms with Crippen LogP contribution in [0.3, 0.4) is 0 Å². The summed E-state index contributed by atoms with van der Waals surface area (Å²) < 4.78 is 30.9. The predicted molar refractivity (Wildman–Crippen MR) is 93.2 cm³/mol. The average molecular weight is 363 g/mol. The predicted octanol–water partition coefficient (Wildman–Crippen LogP) is 2.54. The molecule has 1 saturated carbocycles. The first-order valence-corrected chi connectivity index (χ1v) is 9.48. The number of hydrogen-bond donors (Lipinski definition) is 2. The van der Waals surface area contributed by atoms with Crippen LogP contribution in [0.25, 0.3) is 0 Å². The third-order valence-electron chi connectivity index (χ3n) is 4.26. The largest absolute Gasteiger partial charge is 0.376 e. The van der Waals surface area contributed by atoms with E-state index in [4.69, 9.17) is 4.55 Å². The Kier molecular flexibility index (Phi) is 6.17. The minimum absolute atomic E-state index is 0.0214. The summed E-state index contributed by atoms with van der Waals surface area (Å²) in [6, 6.07) is 7.28. The van der Waals surface area contributed by atoms with E-state index in [1.165, 1.54) is 30.7 Å². The fourth-order valence-electron chi connectivity index (χ4n) is 2.84. The second-order valence-electron chi connectivity index (χ2n) is 6.07. The number of nitriles is 1. The molecular weight excluding hydrogens is 342 g/mol. The van der Waals surface area contributed by atoms with Gasteiger partial charge < -0.3 is 10.2 Å². The molecule has 1 aliphatic rings. The fourth-order valence-corrected chi connectivity index (χ4v) is 3.32. The molecule has 25 heavy (non-hydrogen) atoms. The van der Waals surface area contributed by atoms with Gasteiger partial charge in [-0.15, -0.1) is 0 Å². The zero-order chi connectivity index (χ0) is 18.4. The molecule has 0 radical (unpaired) electrons. The molecule has 1 amide bonds. The molecule has 0 atom stereocenters. The number of benzene rings is 1. The highest BCUT2D eigenvalue weighted by Gasteiger charge is 2.18. The van der Waals surface area contributed by atoms with Gasteiger partial charge in [0, 0.05) is 25.0 Å². The molecule has 134 valence electrons. The first-order valence-electron chi connectivity index (χ1n) is 8.04. The van der Waals surface area contributed by atoms with Crippen LogP contribution in [0.15, 0.2) is 40.9 Å². The Morgan fingerprint density at radius 2 is 1.88 bits per heavy atom. The van der Waals surface area contributed by atoms with E-state index in [9.17, 15) is 18.5 Å². The molecule has 0 aliphatic heterocycles. The Morgan fingerprint density at radius 3 is 2.40 bits per heavy atom. The fraction of sp³-hybridized carbons (Fsp3) is 0.412. The normalized spacial score (nSPS) is 16.1. The van der Waals surface area contributed by atoms with Crippen LogP contribution < -0.4 is 5.32 Å². The molecule has 1 aromatic rings. The smallest absolute Gasteiger partial charge is 0.294 e. The van der Waals surface area contributed by atoms with Crippen LogP contribution in [-0.4, -0.2) is 36.9 Å². The van der Waals surface area contributed by atoms with Crippen molar-refractivity contribution in [3.8, 4) is 6.07 Å². The Bertz CT molecular complexity index is 788. The molecular formula is C17H21N3O4S. The molecule has 1 aliphatic carbocycles. The minimum Gasteiger partial charge on any atom is -0.376 e. The summed E-state index contributed by atoms with van der Waals surface area (Å²) in [6.07, 6.45) is 7.17. The topological polar surface area (TPSA) is 111 Å². The SMILES string of the molecule is CN(/C=C(/C#N)C(=O)Nc1ccc(S(=O)(=O)O)cc1)C1CCCCC1. The van der Waals surface area contributed by atoms with E-state index in [1.807, 2.05) is 18.0 Å². The average Bonchev–Trinajstić information content (AvgIpc) is 2.59. The van der Waals surface area contributed by atoms with Gasteiger partial charge >= 0.3 is 0 Å². The van der Waals surface area contributed by atoms with Crippen molar-refractivity contribution < 1.29 is 17.8 Å². The summed E-state index contributed by atoms with van der Waals surface area (Å²) in [4.78, 5) is 13.9. The highest BCUT2D eigenvalue weighted by atomic mass is 32.2. The lowest BCUT2D eigenvalue weighted by Crippen LogP contribution is -2.30. The Labute approximate surface area is 147 Å². The summed E-state index contributed by atoms with van der Waals surface area (Å²) in [5.74, 6) is -0.565. The number of anilines is 1. The lowest BCUT2D eigenvalue weighted by molar-refractivity contribution is -0.112. The van der Waals surface area contributed by atoms with Gasteiger partial charge in [-0.2, -0.15) is 13.7 Å². The van der Waals surface area contributed by atoms with Gasteiger partial charge in [-0.25, -0.2) is 0 Å². The van der Waals surface area contributed by atoms with Crippen molar-refractivity contribution in [1.29, 1.82) is 5.26 Å². The molecule has 0 bridgehead atoms. The molecule has 7 nitrogen and oxygen atoms in total. The van der Waals surface area contributed by atoms with E-state index in [-0.39, 0.29) is 10.5 Å². The highest BCUT2D eigenvalue weighted by molar-refractivity contribution is 7.85. The summed E-state index contributed by atoms with van der Waals surface area (Å²) in [5.41, 5.74) is 0.311. The van der Waals surface area contributed by atoms with Crippen molar-refractivity contribution in [2.24, 2.45) is 0 Å². The molecule has 2 rings (SSSR count). The van der Waals surface area contributed by atoms with Crippen LogP contribution in [0.1, 0.15) is 32.1 Å². The number of amides is 1. The standard InChI is InChI=1S/C17H21N3O4S/c1-20(15-5-3-2-4-6-15)12-13(11-18)17(21)19-14-7-9-16(10-8-14)25(22,23)24/h7-10,12,15H,2-6H2,1H3,(H,19,21)(H,22,23,24)/b13-12-. The van der Waals surface area contributed by atoms with Crippen molar-refractivity contribution in [3.63, 3.8) is 0 Å². The van der Waals surface area contributed by atoms with Crippen molar-refractivity contribution in [2.75, 3.05) is 12.4 Å². The molecule has 0 aromatic heterocycles. The Morgan fingerprint density at radius 1 is 1.28 bits per heavy atom. The van der Waals surface area contributed by atoms with Gasteiger partial charge in [0.15, 0.2) is 0 Å². The van der Waals surface area contributed by atoms with E-state index in [0.717, 1.165) is 25.7 Å². The molecule has 0 heterocycles. The van der Waals surface area contributed by atoms with Crippen LogP contribution in [0.5, 0.6) is 0 Å². The van der Waals surface area contributed by atoms with Crippen LogP contribution in [0.4, 0.5) is 5.69 Å².